The zero-order valence-corrected chi connectivity index (χ0v) is 8.67. The summed E-state index contributed by atoms with van der Waals surface area (Å²) in [4.78, 5) is 4.22. The van der Waals surface area contributed by atoms with E-state index in [0.29, 0.717) is 0 Å². The first-order valence-electron chi connectivity index (χ1n) is 4.89. The number of anilines is 1. The third-order valence-electron chi connectivity index (χ3n) is 2.26. The summed E-state index contributed by atoms with van der Waals surface area (Å²) >= 11 is 0. The lowest BCUT2D eigenvalue weighted by Crippen LogP contribution is -2.10. The molecule has 0 aliphatic rings. The van der Waals surface area contributed by atoms with Gasteiger partial charge in [-0.3, -0.25) is 4.98 Å². The van der Waals surface area contributed by atoms with Crippen molar-refractivity contribution in [3.8, 4) is 0 Å². The molecule has 1 rings (SSSR count). The molecule has 72 valence electrons. The first kappa shape index (κ1) is 10.0. The minimum atomic E-state index is 0.723. The molecule has 2 heteroatoms. The molecule has 0 fully saturated rings. The maximum Gasteiger partial charge on any atom is 0.0527 e. The Morgan fingerprint density at radius 3 is 2.77 bits per heavy atom. The second-order valence-corrected chi connectivity index (χ2v) is 3.58. The minimum Gasteiger partial charge on any atom is -0.384 e. The molecule has 1 aromatic rings. The summed E-state index contributed by atoms with van der Waals surface area (Å²) in [7, 11) is 0. The molecule has 0 bridgehead atoms. The number of aromatic nitrogens is 1. The van der Waals surface area contributed by atoms with Gasteiger partial charge in [0.05, 0.1) is 11.9 Å². The predicted octanol–water partition coefficient (Wildman–Crippen LogP) is 2.85. The normalized spacial score (nSPS) is 12.5. The van der Waals surface area contributed by atoms with Gasteiger partial charge in [-0.1, -0.05) is 20.3 Å². The fraction of sp³-hybridized carbons (Fsp3) is 0.545. The molecule has 0 radical (unpaired) electrons. The molecular formula is C11H18N2. The van der Waals surface area contributed by atoms with Crippen LogP contribution in [0.2, 0.25) is 0 Å². The summed E-state index contributed by atoms with van der Waals surface area (Å²) in [6.07, 6.45) is 3.10. The molecule has 2 nitrogen and oxygen atoms in total. The van der Waals surface area contributed by atoms with E-state index in [1.54, 1.807) is 0 Å². The third-order valence-corrected chi connectivity index (χ3v) is 2.26. The number of pyridine rings is 1. The van der Waals surface area contributed by atoms with Crippen LogP contribution >= 0.6 is 0 Å². The molecule has 0 amide bonds. The molecular weight excluding hydrogens is 160 g/mol. The molecule has 0 unspecified atom stereocenters. The summed E-state index contributed by atoms with van der Waals surface area (Å²) in [5, 5.41) is 3.36. The van der Waals surface area contributed by atoms with Crippen molar-refractivity contribution in [2.45, 2.75) is 27.2 Å². The lowest BCUT2D eigenvalue weighted by atomic mass is 10.1. The molecule has 13 heavy (non-hydrogen) atoms. The Hall–Kier alpha value is -1.05. The Morgan fingerprint density at radius 2 is 2.23 bits per heavy atom. The topological polar surface area (TPSA) is 24.9 Å². The fourth-order valence-electron chi connectivity index (χ4n) is 1.01. The standard InChI is InChI=1S/C11H18N2/c1-4-9(2)7-13-11-6-5-10(3)12-8-11/h5-6,8-9,13H,4,7H2,1-3H3/t9-/m0/s1. The van der Waals surface area contributed by atoms with Gasteiger partial charge in [0.2, 0.25) is 0 Å². The molecule has 0 aliphatic heterocycles. The predicted molar refractivity (Wildman–Crippen MR) is 56.9 cm³/mol. The Labute approximate surface area is 80.4 Å². The lowest BCUT2D eigenvalue weighted by molar-refractivity contribution is 0.593. The van der Waals surface area contributed by atoms with Crippen molar-refractivity contribution >= 4 is 5.69 Å². The van der Waals surface area contributed by atoms with Crippen LogP contribution in [0.4, 0.5) is 5.69 Å². The first-order chi connectivity index (χ1) is 6.22. The van der Waals surface area contributed by atoms with Crippen LogP contribution < -0.4 is 5.32 Å². The van der Waals surface area contributed by atoms with E-state index in [-0.39, 0.29) is 0 Å². The molecule has 0 saturated carbocycles. The number of nitrogens with one attached hydrogen (secondary N) is 1. The van der Waals surface area contributed by atoms with Gasteiger partial charge in [-0.25, -0.2) is 0 Å². The van der Waals surface area contributed by atoms with Gasteiger partial charge in [-0.05, 0) is 25.0 Å². The van der Waals surface area contributed by atoms with Crippen molar-refractivity contribution in [3.63, 3.8) is 0 Å². The molecule has 1 N–H and O–H groups in total. The van der Waals surface area contributed by atoms with E-state index >= 15 is 0 Å². The fourth-order valence-corrected chi connectivity index (χ4v) is 1.01. The highest BCUT2D eigenvalue weighted by Gasteiger charge is 1.97. The molecule has 0 spiro atoms. The highest BCUT2D eigenvalue weighted by molar-refractivity contribution is 5.40. The van der Waals surface area contributed by atoms with Crippen molar-refractivity contribution < 1.29 is 0 Å². The van der Waals surface area contributed by atoms with Crippen LogP contribution in [0.25, 0.3) is 0 Å². The van der Waals surface area contributed by atoms with Crippen molar-refractivity contribution in [3.05, 3.63) is 24.0 Å². The molecule has 0 aromatic carbocycles. The van der Waals surface area contributed by atoms with Gasteiger partial charge in [0.25, 0.3) is 0 Å². The van der Waals surface area contributed by atoms with Crippen LogP contribution in [0.15, 0.2) is 18.3 Å². The third kappa shape index (κ3) is 3.45. The van der Waals surface area contributed by atoms with Crippen molar-refractivity contribution in [2.75, 3.05) is 11.9 Å². The van der Waals surface area contributed by atoms with Gasteiger partial charge in [0.15, 0.2) is 0 Å². The summed E-state index contributed by atoms with van der Waals surface area (Å²) in [6, 6.07) is 4.10. The van der Waals surface area contributed by atoms with Gasteiger partial charge in [-0.15, -0.1) is 0 Å². The van der Waals surface area contributed by atoms with Crippen LogP contribution in [0.3, 0.4) is 0 Å². The van der Waals surface area contributed by atoms with Crippen LogP contribution in [0.1, 0.15) is 26.0 Å². The monoisotopic (exact) mass is 178 g/mol. The molecule has 1 aromatic heterocycles. The Kier molecular flexibility index (Phi) is 3.74. The van der Waals surface area contributed by atoms with E-state index in [1.165, 1.54) is 6.42 Å². The summed E-state index contributed by atoms with van der Waals surface area (Å²) in [6.45, 7) is 7.48. The Bertz CT molecular complexity index is 241. The average Bonchev–Trinajstić information content (AvgIpc) is 2.16. The maximum absolute atomic E-state index is 4.22. The maximum atomic E-state index is 4.22. The van der Waals surface area contributed by atoms with E-state index in [2.05, 4.69) is 30.2 Å². The van der Waals surface area contributed by atoms with Crippen molar-refractivity contribution in [2.24, 2.45) is 5.92 Å². The van der Waals surface area contributed by atoms with E-state index in [9.17, 15) is 0 Å². The highest BCUT2D eigenvalue weighted by atomic mass is 14.9. The number of hydrogen-bond acceptors (Lipinski definition) is 2. The van der Waals surface area contributed by atoms with E-state index in [1.807, 2.05) is 19.2 Å². The summed E-state index contributed by atoms with van der Waals surface area (Å²) in [5.74, 6) is 0.723. The number of rotatable bonds is 4. The van der Waals surface area contributed by atoms with Crippen LogP contribution in [0, 0.1) is 12.8 Å². The highest BCUT2D eigenvalue weighted by Crippen LogP contribution is 2.07. The van der Waals surface area contributed by atoms with Crippen LogP contribution in [-0.2, 0) is 0 Å². The number of nitrogens with zero attached hydrogens (tertiary/aromatic N) is 1. The first-order valence-corrected chi connectivity index (χ1v) is 4.89. The Balaban J connectivity index is 2.41. The summed E-state index contributed by atoms with van der Waals surface area (Å²) in [5.41, 5.74) is 2.18. The van der Waals surface area contributed by atoms with Crippen LogP contribution in [-0.4, -0.2) is 11.5 Å². The van der Waals surface area contributed by atoms with Crippen molar-refractivity contribution in [1.29, 1.82) is 0 Å². The zero-order chi connectivity index (χ0) is 9.68. The largest absolute Gasteiger partial charge is 0.384 e. The van der Waals surface area contributed by atoms with E-state index < -0.39 is 0 Å². The van der Waals surface area contributed by atoms with Gasteiger partial charge >= 0.3 is 0 Å². The van der Waals surface area contributed by atoms with E-state index in [0.717, 1.165) is 23.8 Å². The summed E-state index contributed by atoms with van der Waals surface area (Å²) < 4.78 is 0. The smallest absolute Gasteiger partial charge is 0.0527 e. The number of hydrogen-bond donors (Lipinski definition) is 1. The van der Waals surface area contributed by atoms with Crippen molar-refractivity contribution in [1.82, 2.24) is 4.98 Å². The second kappa shape index (κ2) is 4.85. The van der Waals surface area contributed by atoms with Gasteiger partial charge < -0.3 is 5.32 Å². The molecule has 1 atom stereocenters. The minimum absolute atomic E-state index is 0.723. The van der Waals surface area contributed by atoms with Gasteiger partial charge in [0, 0.05) is 12.2 Å². The number of aryl methyl sites for hydroxylation is 1. The molecule has 1 heterocycles. The SMILES string of the molecule is CC[C@H](C)CNc1ccc(C)nc1. The van der Waals surface area contributed by atoms with Crippen LogP contribution in [0.5, 0.6) is 0 Å². The van der Waals surface area contributed by atoms with Gasteiger partial charge in [0.1, 0.15) is 0 Å². The van der Waals surface area contributed by atoms with Gasteiger partial charge in [-0.2, -0.15) is 0 Å². The average molecular weight is 178 g/mol. The van der Waals surface area contributed by atoms with E-state index in [4.69, 9.17) is 0 Å². The molecule has 0 saturated heterocycles. The lowest BCUT2D eigenvalue weighted by Gasteiger charge is -2.10. The molecule has 0 aliphatic carbocycles. The zero-order valence-electron chi connectivity index (χ0n) is 8.67. The Morgan fingerprint density at radius 1 is 1.46 bits per heavy atom. The quantitative estimate of drug-likeness (QED) is 0.766. The second-order valence-electron chi connectivity index (χ2n) is 3.58.